The highest BCUT2D eigenvalue weighted by Crippen LogP contribution is 2.30. The fraction of sp³-hybridized carbons (Fsp3) is 0.647. The molecule has 0 saturated heterocycles. The molecule has 1 unspecified atom stereocenters. The third kappa shape index (κ3) is 3.50. The highest BCUT2D eigenvalue weighted by molar-refractivity contribution is 5.57. The van der Waals surface area contributed by atoms with E-state index in [4.69, 9.17) is 0 Å². The molecular formula is C17H28N2. The zero-order valence-electron chi connectivity index (χ0n) is 12.9. The lowest BCUT2D eigenvalue weighted by Gasteiger charge is -2.33. The molecule has 1 aromatic carbocycles. The van der Waals surface area contributed by atoms with Crippen molar-refractivity contribution in [3.05, 3.63) is 29.3 Å². The summed E-state index contributed by atoms with van der Waals surface area (Å²) in [5, 5.41) is 3.50. The molecule has 1 aliphatic rings. The maximum Gasteiger partial charge on any atom is 0.0399 e. The molecule has 0 aliphatic carbocycles. The summed E-state index contributed by atoms with van der Waals surface area (Å²) in [5.74, 6) is 0.728. The number of aryl methyl sites for hydroxylation is 1. The minimum absolute atomic E-state index is 0.454. The Morgan fingerprint density at radius 3 is 2.74 bits per heavy atom. The molecule has 0 saturated carbocycles. The smallest absolute Gasteiger partial charge is 0.0399 e. The maximum absolute atomic E-state index is 3.50. The molecule has 19 heavy (non-hydrogen) atoms. The predicted octanol–water partition coefficient (Wildman–Crippen LogP) is 3.77. The molecule has 0 spiro atoms. The summed E-state index contributed by atoms with van der Waals surface area (Å²) in [6, 6.07) is 7.50. The van der Waals surface area contributed by atoms with Gasteiger partial charge < -0.3 is 10.2 Å². The quantitative estimate of drug-likeness (QED) is 0.867. The fourth-order valence-corrected chi connectivity index (χ4v) is 3.02. The molecule has 2 rings (SSSR count). The molecule has 1 heterocycles. The normalized spacial score (nSPS) is 16.6. The summed E-state index contributed by atoms with van der Waals surface area (Å²) in [4.78, 5) is 2.56. The molecule has 2 heteroatoms. The van der Waals surface area contributed by atoms with Gasteiger partial charge in [-0.2, -0.15) is 0 Å². The summed E-state index contributed by atoms with van der Waals surface area (Å²) >= 11 is 0. The van der Waals surface area contributed by atoms with Crippen molar-refractivity contribution in [2.24, 2.45) is 5.92 Å². The van der Waals surface area contributed by atoms with Crippen molar-refractivity contribution in [3.8, 4) is 0 Å². The molecule has 1 atom stereocenters. The summed E-state index contributed by atoms with van der Waals surface area (Å²) < 4.78 is 0. The van der Waals surface area contributed by atoms with Crippen LogP contribution in [0.1, 0.15) is 51.3 Å². The third-order valence-electron chi connectivity index (χ3n) is 3.91. The SMILES string of the molecule is CCNC(C)c1ccc2c(c1)CCCN2CC(C)C. The number of benzene rings is 1. The van der Waals surface area contributed by atoms with Crippen LogP contribution in [0.5, 0.6) is 0 Å². The van der Waals surface area contributed by atoms with Gasteiger partial charge in [-0.1, -0.05) is 32.9 Å². The van der Waals surface area contributed by atoms with Gasteiger partial charge in [-0.15, -0.1) is 0 Å². The minimum atomic E-state index is 0.454. The first-order valence-electron chi connectivity index (χ1n) is 7.73. The molecule has 1 aliphatic heterocycles. The minimum Gasteiger partial charge on any atom is -0.371 e. The molecule has 0 amide bonds. The number of hydrogen-bond donors (Lipinski definition) is 1. The van der Waals surface area contributed by atoms with E-state index in [1.54, 1.807) is 0 Å². The summed E-state index contributed by atoms with van der Waals surface area (Å²) in [6.07, 6.45) is 2.52. The van der Waals surface area contributed by atoms with E-state index in [1.165, 1.54) is 42.7 Å². The Hall–Kier alpha value is -1.02. The van der Waals surface area contributed by atoms with Crippen LogP contribution in [0.2, 0.25) is 0 Å². The molecular weight excluding hydrogens is 232 g/mol. The average molecular weight is 260 g/mol. The van der Waals surface area contributed by atoms with Crippen LogP contribution in [-0.4, -0.2) is 19.6 Å². The number of fused-ring (bicyclic) bond motifs is 1. The molecule has 106 valence electrons. The monoisotopic (exact) mass is 260 g/mol. The zero-order chi connectivity index (χ0) is 13.8. The van der Waals surface area contributed by atoms with Gasteiger partial charge in [0.25, 0.3) is 0 Å². The van der Waals surface area contributed by atoms with Gasteiger partial charge in [-0.3, -0.25) is 0 Å². The second kappa shape index (κ2) is 6.42. The van der Waals surface area contributed by atoms with Crippen molar-refractivity contribution in [2.45, 2.75) is 46.6 Å². The largest absolute Gasteiger partial charge is 0.371 e. The first-order chi connectivity index (χ1) is 9.11. The van der Waals surface area contributed by atoms with E-state index < -0.39 is 0 Å². The molecule has 0 aromatic heterocycles. The van der Waals surface area contributed by atoms with Crippen LogP contribution in [0.15, 0.2) is 18.2 Å². The van der Waals surface area contributed by atoms with Crippen molar-refractivity contribution >= 4 is 5.69 Å². The Morgan fingerprint density at radius 1 is 1.26 bits per heavy atom. The second-order valence-electron chi connectivity index (χ2n) is 6.11. The molecule has 2 nitrogen and oxygen atoms in total. The van der Waals surface area contributed by atoms with Crippen LogP contribution in [0.4, 0.5) is 5.69 Å². The van der Waals surface area contributed by atoms with E-state index in [1.807, 2.05) is 0 Å². The molecule has 0 radical (unpaired) electrons. The van der Waals surface area contributed by atoms with Crippen LogP contribution in [0, 0.1) is 5.92 Å². The lowest BCUT2D eigenvalue weighted by molar-refractivity contribution is 0.579. The van der Waals surface area contributed by atoms with Gasteiger partial charge in [0, 0.05) is 24.8 Å². The number of nitrogens with one attached hydrogen (secondary N) is 1. The predicted molar refractivity (Wildman–Crippen MR) is 83.9 cm³/mol. The number of nitrogens with zero attached hydrogens (tertiary/aromatic N) is 1. The van der Waals surface area contributed by atoms with Crippen molar-refractivity contribution in [1.82, 2.24) is 5.32 Å². The van der Waals surface area contributed by atoms with Crippen LogP contribution in [-0.2, 0) is 6.42 Å². The van der Waals surface area contributed by atoms with Gasteiger partial charge in [0.15, 0.2) is 0 Å². The van der Waals surface area contributed by atoms with Crippen molar-refractivity contribution in [2.75, 3.05) is 24.5 Å². The standard InChI is InChI=1S/C17H28N2/c1-5-18-14(4)15-8-9-17-16(11-15)7-6-10-19(17)12-13(2)3/h8-9,11,13-14,18H,5-7,10,12H2,1-4H3. The van der Waals surface area contributed by atoms with Crippen LogP contribution >= 0.6 is 0 Å². The zero-order valence-corrected chi connectivity index (χ0v) is 12.9. The second-order valence-corrected chi connectivity index (χ2v) is 6.11. The highest BCUT2D eigenvalue weighted by Gasteiger charge is 2.18. The van der Waals surface area contributed by atoms with Crippen LogP contribution in [0.25, 0.3) is 0 Å². The average Bonchev–Trinajstić information content (AvgIpc) is 2.38. The van der Waals surface area contributed by atoms with E-state index in [0.29, 0.717) is 6.04 Å². The Kier molecular flexibility index (Phi) is 4.87. The topological polar surface area (TPSA) is 15.3 Å². The first kappa shape index (κ1) is 14.4. The Morgan fingerprint density at radius 2 is 2.05 bits per heavy atom. The van der Waals surface area contributed by atoms with Crippen LogP contribution < -0.4 is 10.2 Å². The Bertz CT molecular complexity index is 412. The van der Waals surface area contributed by atoms with E-state index >= 15 is 0 Å². The fourth-order valence-electron chi connectivity index (χ4n) is 3.02. The van der Waals surface area contributed by atoms with Gasteiger partial charge >= 0.3 is 0 Å². The van der Waals surface area contributed by atoms with E-state index in [-0.39, 0.29) is 0 Å². The van der Waals surface area contributed by atoms with Crippen molar-refractivity contribution < 1.29 is 0 Å². The maximum atomic E-state index is 3.50. The van der Waals surface area contributed by atoms with E-state index in [9.17, 15) is 0 Å². The van der Waals surface area contributed by atoms with Crippen molar-refractivity contribution in [3.63, 3.8) is 0 Å². The lowest BCUT2D eigenvalue weighted by Crippen LogP contribution is -2.32. The Balaban J connectivity index is 2.20. The molecule has 1 aromatic rings. The van der Waals surface area contributed by atoms with Gasteiger partial charge in [0.2, 0.25) is 0 Å². The number of hydrogen-bond acceptors (Lipinski definition) is 2. The molecule has 0 fully saturated rings. The number of rotatable bonds is 5. The van der Waals surface area contributed by atoms with Gasteiger partial charge in [0.1, 0.15) is 0 Å². The summed E-state index contributed by atoms with van der Waals surface area (Å²) in [5.41, 5.74) is 4.42. The van der Waals surface area contributed by atoms with Gasteiger partial charge in [-0.05, 0) is 49.4 Å². The molecule has 1 N–H and O–H groups in total. The van der Waals surface area contributed by atoms with Crippen molar-refractivity contribution in [1.29, 1.82) is 0 Å². The van der Waals surface area contributed by atoms with E-state index in [0.717, 1.165) is 12.5 Å². The highest BCUT2D eigenvalue weighted by atomic mass is 15.1. The summed E-state index contributed by atoms with van der Waals surface area (Å²) in [6.45, 7) is 12.4. The third-order valence-corrected chi connectivity index (χ3v) is 3.91. The van der Waals surface area contributed by atoms with Crippen LogP contribution in [0.3, 0.4) is 0 Å². The number of anilines is 1. The van der Waals surface area contributed by atoms with E-state index in [2.05, 4.69) is 56.1 Å². The lowest BCUT2D eigenvalue weighted by atomic mass is 9.96. The summed E-state index contributed by atoms with van der Waals surface area (Å²) in [7, 11) is 0. The molecule has 0 bridgehead atoms. The van der Waals surface area contributed by atoms with Gasteiger partial charge in [-0.25, -0.2) is 0 Å². The van der Waals surface area contributed by atoms with Gasteiger partial charge in [0.05, 0.1) is 0 Å². The first-order valence-corrected chi connectivity index (χ1v) is 7.73. The Labute approximate surface area is 118 Å².